The Morgan fingerprint density at radius 3 is 2.79 bits per heavy atom. The molecule has 0 radical (unpaired) electrons. The third-order valence-corrected chi connectivity index (χ3v) is 4.47. The highest BCUT2D eigenvalue weighted by atomic mass is 16.5. The van der Waals surface area contributed by atoms with Crippen molar-refractivity contribution in [3.63, 3.8) is 0 Å². The number of ether oxygens (including phenoxy) is 1. The first-order chi connectivity index (χ1) is 9.26. The second-order valence-electron chi connectivity index (χ2n) is 5.63. The molecule has 0 aliphatic carbocycles. The summed E-state index contributed by atoms with van der Waals surface area (Å²) in [5, 5.41) is 13.2. The van der Waals surface area contributed by atoms with E-state index in [2.05, 4.69) is 10.2 Å². The van der Waals surface area contributed by atoms with Gasteiger partial charge in [-0.05, 0) is 49.5 Å². The summed E-state index contributed by atoms with van der Waals surface area (Å²) >= 11 is 0. The van der Waals surface area contributed by atoms with Crippen LogP contribution in [0.25, 0.3) is 0 Å². The Kier molecular flexibility index (Phi) is 3.62. The molecule has 1 unspecified atom stereocenters. The van der Waals surface area contributed by atoms with Crippen LogP contribution in [0, 0.1) is 5.92 Å². The van der Waals surface area contributed by atoms with Gasteiger partial charge in [0.1, 0.15) is 0 Å². The molecule has 0 amide bonds. The number of methoxy groups -OCH3 is 1. The lowest BCUT2D eigenvalue weighted by Gasteiger charge is -2.45. The van der Waals surface area contributed by atoms with Gasteiger partial charge in [0.2, 0.25) is 0 Å². The summed E-state index contributed by atoms with van der Waals surface area (Å²) in [5.41, 5.74) is 1.16. The molecule has 3 heterocycles. The molecule has 4 heteroatoms. The van der Waals surface area contributed by atoms with E-state index in [0.29, 0.717) is 11.8 Å². The molecule has 3 fully saturated rings. The van der Waals surface area contributed by atoms with Gasteiger partial charge < -0.3 is 20.1 Å². The number of rotatable bonds is 4. The van der Waals surface area contributed by atoms with Crippen LogP contribution in [-0.2, 0) is 6.54 Å². The van der Waals surface area contributed by atoms with E-state index in [1.807, 2.05) is 12.1 Å². The number of fused-ring (bicyclic) bond motifs is 3. The van der Waals surface area contributed by atoms with E-state index >= 15 is 0 Å². The van der Waals surface area contributed by atoms with E-state index in [1.165, 1.54) is 32.5 Å². The van der Waals surface area contributed by atoms with Crippen LogP contribution < -0.4 is 10.1 Å². The van der Waals surface area contributed by atoms with Gasteiger partial charge in [-0.2, -0.15) is 0 Å². The monoisotopic (exact) mass is 262 g/mol. The lowest BCUT2D eigenvalue weighted by molar-refractivity contribution is 0.0720. The second-order valence-corrected chi connectivity index (χ2v) is 5.63. The van der Waals surface area contributed by atoms with Gasteiger partial charge in [-0.1, -0.05) is 6.07 Å². The zero-order valence-electron chi connectivity index (χ0n) is 11.4. The highest BCUT2D eigenvalue weighted by molar-refractivity contribution is 5.41. The molecule has 3 saturated heterocycles. The number of phenols is 1. The maximum absolute atomic E-state index is 9.59. The third-order valence-electron chi connectivity index (χ3n) is 4.47. The SMILES string of the molecule is COc1cc(CNC2CN3CCC2CC3)ccc1O. The summed E-state index contributed by atoms with van der Waals surface area (Å²) < 4.78 is 5.14. The molecule has 0 saturated carbocycles. The van der Waals surface area contributed by atoms with Crippen molar-refractivity contribution in [1.29, 1.82) is 0 Å². The normalized spacial score (nSPS) is 29.4. The highest BCUT2D eigenvalue weighted by Gasteiger charge is 2.33. The van der Waals surface area contributed by atoms with Gasteiger partial charge in [0, 0.05) is 19.1 Å². The minimum atomic E-state index is 0.203. The number of nitrogens with zero attached hydrogens (tertiary/aromatic N) is 1. The molecule has 3 aliphatic heterocycles. The van der Waals surface area contributed by atoms with Crippen molar-refractivity contribution in [2.45, 2.75) is 25.4 Å². The fraction of sp³-hybridized carbons (Fsp3) is 0.600. The number of hydrogen-bond acceptors (Lipinski definition) is 4. The molecule has 2 N–H and O–H groups in total. The number of aromatic hydroxyl groups is 1. The Morgan fingerprint density at radius 2 is 2.16 bits per heavy atom. The summed E-state index contributed by atoms with van der Waals surface area (Å²) in [6, 6.07) is 6.17. The van der Waals surface area contributed by atoms with Crippen LogP contribution >= 0.6 is 0 Å². The fourth-order valence-electron chi connectivity index (χ4n) is 3.28. The average Bonchev–Trinajstić information content (AvgIpc) is 2.47. The van der Waals surface area contributed by atoms with Crippen molar-refractivity contribution in [3.8, 4) is 11.5 Å². The first-order valence-electron chi connectivity index (χ1n) is 7.08. The first-order valence-corrected chi connectivity index (χ1v) is 7.08. The van der Waals surface area contributed by atoms with Crippen molar-refractivity contribution in [2.75, 3.05) is 26.7 Å². The maximum Gasteiger partial charge on any atom is 0.160 e. The molecule has 2 bridgehead atoms. The minimum Gasteiger partial charge on any atom is -0.504 e. The van der Waals surface area contributed by atoms with Gasteiger partial charge in [-0.15, -0.1) is 0 Å². The van der Waals surface area contributed by atoms with Crippen LogP contribution in [0.1, 0.15) is 18.4 Å². The van der Waals surface area contributed by atoms with Crippen molar-refractivity contribution in [2.24, 2.45) is 5.92 Å². The second kappa shape index (κ2) is 5.39. The number of hydrogen-bond donors (Lipinski definition) is 2. The Labute approximate surface area is 114 Å². The fourth-order valence-corrected chi connectivity index (χ4v) is 3.28. The first kappa shape index (κ1) is 12.8. The third kappa shape index (κ3) is 2.69. The summed E-state index contributed by atoms with van der Waals surface area (Å²) in [7, 11) is 1.58. The van der Waals surface area contributed by atoms with Gasteiger partial charge >= 0.3 is 0 Å². The molecule has 4 rings (SSSR count). The predicted molar refractivity (Wildman–Crippen MR) is 74.5 cm³/mol. The van der Waals surface area contributed by atoms with Gasteiger partial charge in [0.25, 0.3) is 0 Å². The smallest absolute Gasteiger partial charge is 0.160 e. The van der Waals surface area contributed by atoms with Crippen LogP contribution in [0.4, 0.5) is 0 Å². The molecule has 1 aromatic rings. The van der Waals surface area contributed by atoms with Gasteiger partial charge in [-0.3, -0.25) is 0 Å². The number of benzene rings is 1. The molecule has 104 valence electrons. The van der Waals surface area contributed by atoms with Crippen molar-refractivity contribution < 1.29 is 9.84 Å². The molecule has 0 spiro atoms. The Morgan fingerprint density at radius 1 is 1.37 bits per heavy atom. The zero-order valence-corrected chi connectivity index (χ0v) is 11.4. The quantitative estimate of drug-likeness (QED) is 0.865. The van der Waals surface area contributed by atoms with E-state index in [4.69, 9.17) is 4.74 Å². The lowest BCUT2D eigenvalue weighted by atomic mass is 9.84. The van der Waals surface area contributed by atoms with Crippen LogP contribution in [0.2, 0.25) is 0 Å². The summed E-state index contributed by atoms with van der Waals surface area (Å²) in [6.07, 6.45) is 2.66. The van der Waals surface area contributed by atoms with Crippen molar-refractivity contribution in [1.82, 2.24) is 10.2 Å². The molecule has 1 atom stereocenters. The van der Waals surface area contributed by atoms with Crippen LogP contribution in [0.5, 0.6) is 11.5 Å². The molecule has 1 aromatic carbocycles. The molecule has 19 heavy (non-hydrogen) atoms. The van der Waals surface area contributed by atoms with E-state index in [9.17, 15) is 5.11 Å². The van der Waals surface area contributed by atoms with Crippen molar-refractivity contribution >= 4 is 0 Å². The van der Waals surface area contributed by atoms with Gasteiger partial charge in [0.05, 0.1) is 7.11 Å². The van der Waals surface area contributed by atoms with Crippen molar-refractivity contribution in [3.05, 3.63) is 23.8 Å². The average molecular weight is 262 g/mol. The van der Waals surface area contributed by atoms with Gasteiger partial charge in [-0.25, -0.2) is 0 Å². The molecule has 0 aromatic heterocycles. The molecular weight excluding hydrogens is 240 g/mol. The summed E-state index contributed by atoms with van der Waals surface area (Å²) in [4.78, 5) is 2.55. The highest BCUT2D eigenvalue weighted by Crippen LogP contribution is 2.29. The standard InChI is InChI=1S/C15H22N2O2/c1-19-15-8-11(2-3-14(15)18)9-16-13-10-17-6-4-12(13)5-7-17/h2-3,8,12-13,16,18H,4-7,9-10H2,1H3. The summed E-state index contributed by atoms with van der Waals surface area (Å²) in [6.45, 7) is 4.57. The lowest BCUT2D eigenvalue weighted by Crippen LogP contribution is -2.55. The minimum absolute atomic E-state index is 0.203. The molecular formula is C15H22N2O2. The van der Waals surface area contributed by atoms with Crippen LogP contribution in [0.3, 0.4) is 0 Å². The Hall–Kier alpha value is -1.26. The van der Waals surface area contributed by atoms with E-state index < -0.39 is 0 Å². The largest absolute Gasteiger partial charge is 0.504 e. The van der Waals surface area contributed by atoms with Gasteiger partial charge in [0.15, 0.2) is 11.5 Å². The predicted octanol–water partition coefficient (Wildman–Crippen LogP) is 1.58. The Balaban J connectivity index is 1.60. The Bertz CT molecular complexity index is 442. The maximum atomic E-state index is 9.59. The number of phenolic OH excluding ortho intramolecular Hbond substituents is 1. The topological polar surface area (TPSA) is 44.7 Å². The number of piperidine rings is 3. The van der Waals surface area contributed by atoms with E-state index in [1.54, 1.807) is 13.2 Å². The van der Waals surface area contributed by atoms with E-state index in [0.717, 1.165) is 18.0 Å². The molecule has 3 aliphatic rings. The zero-order chi connectivity index (χ0) is 13.2. The van der Waals surface area contributed by atoms with E-state index in [-0.39, 0.29) is 5.75 Å². The number of nitrogens with one attached hydrogen (secondary N) is 1. The van der Waals surface area contributed by atoms with Crippen LogP contribution in [-0.4, -0.2) is 42.8 Å². The summed E-state index contributed by atoms with van der Waals surface area (Å²) in [5.74, 6) is 1.59. The molecule has 4 nitrogen and oxygen atoms in total. The van der Waals surface area contributed by atoms with Crippen LogP contribution in [0.15, 0.2) is 18.2 Å².